The molecule has 1 unspecified atom stereocenters. The number of aromatic nitrogens is 1. The summed E-state index contributed by atoms with van der Waals surface area (Å²) in [7, 11) is 0. The topological polar surface area (TPSA) is 24.9 Å². The van der Waals surface area contributed by atoms with E-state index in [1.807, 2.05) is 6.07 Å². The minimum Gasteiger partial charge on any atom is -0.309 e. The van der Waals surface area contributed by atoms with Crippen LogP contribution in [0.5, 0.6) is 0 Å². The van der Waals surface area contributed by atoms with Gasteiger partial charge in [0.05, 0.1) is 16.8 Å². The van der Waals surface area contributed by atoms with Crippen LogP contribution in [0.2, 0.25) is 5.02 Å². The highest BCUT2D eigenvalue weighted by molar-refractivity contribution is 6.30. The molecule has 1 aromatic rings. The van der Waals surface area contributed by atoms with Crippen molar-refractivity contribution in [2.24, 2.45) is 5.92 Å². The van der Waals surface area contributed by atoms with Crippen molar-refractivity contribution >= 4 is 11.6 Å². The highest BCUT2D eigenvalue weighted by Crippen LogP contribution is 2.33. The lowest BCUT2D eigenvalue weighted by atomic mass is 9.82. The minimum absolute atomic E-state index is 0.401. The summed E-state index contributed by atoms with van der Waals surface area (Å²) in [6.45, 7) is 3.15. The summed E-state index contributed by atoms with van der Waals surface area (Å²) in [5.41, 5.74) is 1.14. The molecule has 94 valence electrons. The van der Waals surface area contributed by atoms with E-state index in [0.717, 1.165) is 18.2 Å². The summed E-state index contributed by atoms with van der Waals surface area (Å²) in [4.78, 5) is 4.48. The van der Waals surface area contributed by atoms with Gasteiger partial charge in [0, 0.05) is 6.20 Å². The van der Waals surface area contributed by atoms with Crippen molar-refractivity contribution in [2.45, 2.75) is 45.1 Å². The molecule has 0 radical (unpaired) electrons. The molecule has 0 amide bonds. The molecule has 2 nitrogen and oxygen atoms in total. The Kier molecular flexibility index (Phi) is 4.81. The van der Waals surface area contributed by atoms with Gasteiger partial charge in [-0.05, 0) is 37.4 Å². The maximum absolute atomic E-state index is 5.90. The second-order valence-electron chi connectivity index (χ2n) is 4.83. The number of nitrogens with zero attached hydrogens (tertiary/aromatic N) is 1. The van der Waals surface area contributed by atoms with Gasteiger partial charge in [-0.15, -0.1) is 0 Å². The Morgan fingerprint density at radius 2 is 2.12 bits per heavy atom. The van der Waals surface area contributed by atoms with E-state index in [1.54, 1.807) is 6.20 Å². The van der Waals surface area contributed by atoms with Gasteiger partial charge < -0.3 is 5.32 Å². The van der Waals surface area contributed by atoms with Crippen LogP contribution in [0.4, 0.5) is 0 Å². The van der Waals surface area contributed by atoms with Crippen LogP contribution in [0.15, 0.2) is 18.3 Å². The molecule has 1 aliphatic carbocycles. The molecular weight excluding hydrogens is 232 g/mol. The van der Waals surface area contributed by atoms with Crippen LogP contribution in [0.25, 0.3) is 0 Å². The van der Waals surface area contributed by atoms with Crippen LogP contribution >= 0.6 is 11.6 Å². The molecule has 3 heteroatoms. The lowest BCUT2D eigenvalue weighted by Gasteiger charge is -2.30. The van der Waals surface area contributed by atoms with E-state index >= 15 is 0 Å². The zero-order chi connectivity index (χ0) is 12.1. The number of pyridine rings is 1. The second-order valence-corrected chi connectivity index (χ2v) is 5.27. The lowest BCUT2D eigenvalue weighted by Crippen LogP contribution is -2.30. The van der Waals surface area contributed by atoms with Crippen molar-refractivity contribution in [1.29, 1.82) is 0 Å². The van der Waals surface area contributed by atoms with Gasteiger partial charge in [0.15, 0.2) is 0 Å². The van der Waals surface area contributed by atoms with Crippen molar-refractivity contribution in [2.75, 3.05) is 6.54 Å². The third-order valence-electron chi connectivity index (χ3n) is 3.61. The van der Waals surface area contributed by atoms with Gasteiger partial charge in [-0.3, -0.25) is 4.98 Å². The first-order chi connectivity index (χ1) is 8.31. The summed E-state index contributed by atoms with van der Waals surface area (Å²) < 4.78 is 0. The average molecular weight is 253 g/mol. The number of hydrogen-bond donors (Lipinski definition) is 1. The molecule has 1 N–H and O–H groups in total. The standard InChI is InChI=1S/C14H21ClN2/c1-2-16-14(11-6-4-3-5-7-11)13-9-8-12(15)10-17-13/h8-11,14,16H,2-7H2,1H3. The SMILES string of the molecule is CCNC(c1ccc(Cl)cn1)C1CCCCC1. The lowest BCUT2D eigenvalue weighted by molar-refractivity contribution is 0.270. The van der Waals surface area contributed by atoms with Crippen LogP contribution in [0.1, 0.15) is 50.8 Å². The summed E-state index contributed by atoms with van der Waals surface area (Å²) in [6.07, 6.45) is 8.51. The Morgan fingerprint density at radius 3 is 2.71 bits per heavy atom. The number of nitrogens with one attached hydrogen (secondary N) is 1. The first-order valence-electron chi connectivity index (χ1n) is 6.66. The molecule has 0 saturated heterocycles. The summed E-state index contributed by atoms with van der Waals surface area (Å²) in [6, 6.07) is 4.40. The summed E-state index contributed by atoms with van der Waals surface area (Å²) >= 11 is 5.90. The predicted octanol–water partition coefficient (Wildman–Crippen LogP) is 3.97. The number of halogens is 1. The Morgan fingerprint density at radius 1 is 1.35 bits per heavy atom. The van der Waals surface area contributed by atoms with Crippen LogP contribution in [-0.4, -0.2) is 11.5 Å². The number of hydrogen-bond acceptors (Lipinski definition) is 2. The van der Waals surface area contributed by atoms with Gasteiger partial charge in [-0.1, -0.05) is 37.8 Å². The van der Waals surface area contributed by atoms with E-state index in [4.69, 9.17) is 11.6 Å². The van der Waals surface area contributed by atoms with E-state index in [9.17, 15) is 0 Å². The highest BCUT2D eigenvalue weighted by atomic mass is 35.5. The zero-order valence-electron chi connectivity index (χ0n) is 10.5. The van der Waals surface area contributed by atoms with E-state index in [-0.39, 0.29) is 0 Å². The van der Waals surface area contributed by atoms with Gasteiger partial charge in [0.25, 0.3) is 0 Å². The van der Waals surface area contributed by atoms with Crippen LogP contribution in [-0.2, 0) is 0 Å². The third-order valence-corrected chi connectivity index (χ3v) is 3.84. The summed E-state index contributed by atoms with van der Waals surface area (Å²) in [5.74, 6) is 0.734. The first kappa shape index (κ1) is 12.8. The maximum Gasteiger partial charge on any atom is 0.0589 e. The first-order valence-corrected chi connectivity index (χ1v) is 7.04. The number of rotatable bonds is 4. The fourth-order valence-electron chi connectivity index (χ4n) is 2.77. The van der Waals surface area contributed by atoms with Crippen molar-refractivity contribution in [1.82, 2.24) is 10.3 Å². The highest BCUT2D eigenvalue weighted by Gasteiger charge is 2.25. The average Bonchev–Trinajstić information content (AvgIpc) is 2.38. The largest absolute Gasteiger partial charge is 0.309 e. The van der Waals surface area contributed by atoms with Crippen LogP contribution in [0, 0.1) is 5.92 Å². The van der Waals surface area contributed by atoms with Crippen molar-refractivity contribution in [3.05, 3.63) is 29.0 Å². The fraction of sp³-hybridized carbons (Fsp3) is 0.643. The monoisotopic (exact) mass is 252 g/mol. The molecule has 0 aliphatic heterocycles. The van der Waals surface area contributed by atoms with Gasteiger partial charge in [0.2, 0.25) is 0 Å². The predicted molar refractivity (Wildman–Crippen MR) is 72.2 cm³/mol. The van der Waals surface area contributed by atoms with Gasteiger partial charge in [-0.25, -0.2) is 0 Å². The Balaban J connectivity index is 2.12. The second kappa shape index (κ2) is 6.36. The van der Waals surface area contributed by atoms with Gasteiger partial charge >= 0.3 is 0 Å². The molecule has 1 aromatic heterocycles. The minimum atomic E-state index is 0.401. The molecule has 1 fully saturated rings. The van der Waals surface area contributed by atoms with Gasteiger partial charge in [-0.2, -0.15) is 0 Å². The quantitative estimate of drug-likeness (QED) is 0.877. The van der Waals surface area contributed by atoms with Crippen molar-refractivity contribution < 1.29 is 0 Å². The zero-order valence-corrected chi connectivity index (χ0v) is 11.2. The Hall–Kier alpha value is -0.600. The normalized spacial score (nSPS) is 19.2. The van der Waals surface area contributed by atoms with E-state index < -0.39 is 0 Å². The third kappa shape index (κ3) is 3.43. The molecule has 0 bridgehead atoms. The van der Waals surface area contributed by atoms with E-state index in [1.165, 1.54) is 32.1 Å². The smallest absolute Gasteiger partial charge is 0.0589 e. The molecular formula is C14H21ClN2. The molecule has 1 saturated carbocycles. The maximum atomic E-state index is 5.90. The molecule has 1 heterocycles. The van der Waals surface area contributed by atoms with Crippen molar-refractivity contribution in [3.8, 4) is 0 Å². The van der Waals surface area contributed by atoms with E-state index in [2.05, 4.69) is 23.3 Å². The van der Waals surface area contributed by atoms with Gasteiger partial charge in [0.1, 0.15) is 0 Å². The fourth-order valence-corrected chi connectivity index (χ4v) is 2.88. The van der Waals surface area contributed by atoms with Crippen LogP contribution < -0.4 is 5.32 Å². The molecule has 17 heavy (non-hydrogen) atoms. The van der Waals surface area contributed by atoms with Crippen LogP contribution in [0.3, 0.4) is 0 Å². The Labute approximate surface area is 109 Å². The molecule has 1 atom stereocenters. The van der Waals surface area contributed by atoms with Crippen molar-refractivity contribution in [3.63, 3.8) is 0 Å². The Bertz CT molecular complexity index is 331. The molecule has 2 rings (SSSR count). The molecule has 0 spiro atoms. The summed E-state index contributed by atoms with van der Waals surface area (Å²) in [5, 5.41) is 4.30. The molecule has 0 aromatic carbocycles. The van der Waals surface area contributed by atoms with E-state index in [0.29, 0.717) is 11.1 Å². The molecule has 1 aliphatic rings.